The summed E-state index contributed by atoms with van der Waals surface area (Å²) in [6.45, 7) is 1.61. The molecule has 3 heterocycles. The molecule has 0 bridgehead atoms. The Morgan fingerprint density at radius 3 is 2.44 bits per heavy atom. The highest BCUT2D eigenvalue weighted by atomic mass is 35.5. The van der Waals surface area contributed by atoms with E-state index in [9.17, 15) is 13.2 Å². The maximum Gasteiger partial charge on any atom is 0.417 e. The summed E-state index contributed by atoms with van der Waals surface area (Å²) in [5.74, 6) is 1.46. The monoisotopic (exact) mass is 462 g/mol. The first-order valence-electron chi connectivity index (χ1n) is 10.2. The molecule has 3 N–H and O–H groups in total. The lowest BCUT2D eigenvalue weighted by Crippen LogP contribution is -2.35. The van der Waals surface area contributed by atoms with E-state index >= 15 is 0 Å². The van der Waals surface area contributed by atoms with Gasteiger partial charge in [0.1, 0.15) is 17.8 Å². The normalized spacial score (nSPS) is 15.1. The average Bonchev–Trinajstić information content (AvgIpc) is 2.77. The number of aromatic nitrogens is 3. The van der Waals surface area contributed by atoms with Gasteiger partial charge in [0.2, 0.25) is 0 Å². The number of hydrogen-bond acceptors (Lipinski definition) is 6. The van der Waals surface area contributed by atoms with Gasteiger partial charge < -0.3 is 16.0 Å². The van der Waals surface area contributed by atoms with Crippen LogP contribution in [0.15, 0.2) is 48.9 Å². The van der Waals surface area contributed by atoms with Crippen LogP contribution in [0.2, 0.25) is 5.02 Å². The minimum atomic E-state index is -4.52. The Labute approximate surface area is 188 Å². The first-order valence-corrected chi connectivity index (χ1v) is 10.6. The number of nitrogens with two attached hydrogens (primary N) is 1. The molecule has 6 nitrogen and oxygen atoms in total. The van der Waals surface area contributed by atoms with E-state index in [4.69, 9.17) is 17.3 Å². The van der Waals surface area contributed by atoms with Gasteiger partial charge in [0.15, 0.2) is 11.6 Å². The molecule has 1 fully saturated rings. The van der Waals surface area contributed by atoms with E-state index in [2.05, 4.69) is 49.4 Å². The van der Waals surface area contributed by atoms with Gasteiger partial charge in [-0.3, -0.25) is 0 Å². The van der Waals surface area contributed by atoms with Crippen molar-refractivity contribution in [2.45, 2.75) is 25.4 Å². The molecule has 0 aliphatic carbocycles. The summed E-state index contributed by atoms with van der Waals surface area (Å²) in [4.78, 5) is 14.3. The zero-order chi connectivity index (χ0) is 22.7. The summed E-state index contributed by atoms with van der Waals surface area (Å²) in [5.41, 5.74) is 6.99. The highest BCUT2D eigenvalue weighted by molar-refractivity contribution is 6.33. The first kappa shape index (κ1) is 22.1. The number of benzene rings is 1. The maximum atomic E-state index is 12.8. The molecule has 1 aliphatic heterocycles. The number of alkyl halides is 3. The van der Waals surface area contributed by atoms with E-state index in [0.29, 0.717) is 23.6 Å². The van der Waals surface area contributed by atoms with E-state index in [0.717, 1.165) is 38.4 Å². The van der Waals surface area contributed by atoms with E-state index in [1.807, 2.05) is 6.07 Å². The van der Waals surface area contributed by atoms with E-state index < -0.39 is 11.7 Å². The van der Waals surface area contributed by atoms with Crippen molar-refractivity contribution in [3.05, 3.63) is 65.1 Å². The lowest BCUT2D eigenvalue weighted by Gasteiger charge is -2.33. The second-order valence-corrected chi connectivity index (χ2v) is 8.16. The van der Waals surface area contributed by atoms with Gasteiger partial charge in [-0.15, -0.1) is 0 Å². The molecule has 4 rings (SSSR count). The maximum absolute atomic E-state index is 12.8. The molecule has 168 valence electrons. The summed E-state index contributed by atoms with van der Waals surface area (Å²) in [7, 11) is 0. The second-order valence-electron chi connectivity index (χ2n) is 7.76. The molecule has 10 heteroatoms. The zero-order valence-electron chi connectivity index (χ0n) is 17.1. The molecule has 0 atom stereocenters. The third-order valence-electron chi connectivity index (χ3n) is 5.55. The van der Waals surface area contributed by atoms with Crippen LogP contribution >= 0.6 is 11.6 Å². The smallest absolute Gasteiger partial charge is 0.393 e. The zero-order valence-corrected chi connectivity index (χ0v) is 17.9. The number of nitrogen functional groups attached to an aromatic ring is 1. The average molecular weight is 463 g/mol. The predicted molar refractivity (Wildman–Crippen MR) is 119 cm³/mol. The molecule has 3 aromatic rings. The molecular weight excluding hydrogens is 441 g/mol. The lowest BCUT2D eigenvalue weighted by atomic mass is 9.90. The summed E-state index contributed by atoms with van der Waals surface area (Å²) in [6, 6.07) is 11.2. The summed E-state index contributed by atoms with van der Waals surface area (Å²) < 4.78 is 38.5. The van der Waals surface area contributed by atoms with Crippen LogP contribution in [0.4, 0.5) is 36.3 Å². The Balaban J connectivity index is 1.44. The SMILES string of the molecule is Nc1c(Nc2ncc(C(F)(F)F)cc2Cl)ncnc1N1CCC(Cc2ccccc2)CC1. The molecular formula is C22H22ClF3N6. The van der Waals surface area contributed by atoms with Gasteiger partial charge in [0, 0.05) is 19.3 Å². The number of pyridine rings is 1. The van der Waals surface area contributed by atoms with Gasteiger partial charge >= 0.3 is 6.18 Å². The highest BCUT2D eigenvalue weighted by Gasteiger charge is 2.31. The standard InChI is InChI=1S/C22H22ClF3N6/c23-17-11-16(22(24,25)26)12-28-19(17)31-20-18(27)21(30-13-29-20)32-8-6-15(7-9-32)10-14-4-2-1-3-5-14/h1-5,11-13,15H,6-10,27H2,(H,28,29,30,31). The highest BCUT2D eigenvalue weighted by Crippen LogP contribution is 2.35. The Bertz CT molecular complexity index is 1070. The molecule has 0 saturated carbocycles. The number of nitrogens with one attached hydrogen (secondary N) is 1. The van der Waals surface area contributed by atoms with Gasteiger partial charge in [0.05, 0.1) is 10.6 Å². The van der Waals surface area contributed by atoms with Crippen LogP contribution in [0.25, 0.3) is 0 Å². The van der Waals surface area contributed by atoms with Crippen LogP contribution in [0, 0.1) is 5.92 Å². The Morgan fingerprint density at radius 2 is 1.78 bits per heavy atom. The van der Waals surface area contributed by atoms with Gasteiger partial charge in [0.25, 0.3) is 0 Å². The van der Waals surface area contributed by atoms with E-state index in [1.165, 1.54) is 11.9 Å². The molecule has 1 aliphatic rings. The minimum Gasteiger partial charge on any atom is -0.393 e. The number of piperidine rings is 1. The molecule has 0 amide bonds. The third kappa shape index (κ3) is 5.04. The molecule has 0 unspecified atom stereocenters. The topological polar surface area (TPSA) is 80.0 Å². The third-order valence-corrected chi connectivity index (χ3v) is 5.84. The molecule has 32 heavy (non-hydrogen) atoms. The summed E-state index contributed by atoms with van der Waals surface area (Å²) in [6.07, 6.45) is 0.606. The van der Waals surface area contributed by atoms with Crippen LogP contribution < -0.4 is 16.0 Å². The van der Waals surface area contributed by atoms with Crippen LogP contribution in [0.5, 0.6) is 0 Å². The second kappa shape index (κ2) is 9.20. The van der Waals surface area contributed by atoms with Crippen LogP contribution in [-0.2, 0) is 12.6 Å². The Kier molecular flexibility index (Phi) is 6.36. The van der Waals surface area contributed by atoms with Crippen LogP contribution in [0.1, 0.15) is 24.0 Å². The van der Waals surface area contributed by atoms with E-state index in [1.54, 1.807) is 0 Å². The molecule has 1 saturated heterocycles. The van der Waals surface area contributed by atoms with Crippen LogP contribution in [-0.4, -0.2) is 28.0 Å². The van der Waals surface area contributed by atoms with Gasteiger partial charge in [-0.1, -0.05) is 41.9 Å². The van der Waals surface area contributed by atoms with Crippen molar-refractivity contribution >= 4 is 34.7 Å². The largest absolute Gasteiger partial charge is 0.417 e. The van der Waals surface area contributed by atoms with Crippen molar-refractivity contribution in [1.82, 2.24) is 15.0 Å². The van der Waals surface area contributed by atoms with Crippen LogP contribution in [0.3, 0.4) is 0 Å². The predicted octanol–water partition coefficient (Wildman–Crippen LogP) is 5.33. The van der Waals surface area contributed by atoms with Crippen molar-refractivity contribution < 1.29 is 13.2 Å². The number of halogens is 4. The summed E-state index contributed by atoms with van der Waals surface area (Å²) in [5, 5.41) is 2.65. The van der Waals surface area contributed by atoms with Crippen molar-refractivity contribution in [2.24, 2.45) is 5.92 Å². The molecule has 0 spiro atoms. The fourth-order valence-electron chi connectivity index (χ4n) is 3.83. The fourth-order valence-corrected chi connectivity index (χ4v) is 4.04. The lowest BCUT2D eigenvalue weighted by molar-refractivity contribution is -0.137. The van der Waals surface area contributed by atoms with Gasteiger partial charge in [-0.05, 0) is 36.8 Å². The number of hydrogen-bond donors (Lipinski definition) is 2. The number of nitrogens with zero attached hydrogens (tertiary/aromatic N) is 4. The van der Waals surface area contributed by atoms with Crippen molar-refractivity contribution in [2.75, 3.05) is 29.0 Å². The number of rotatable bonds is 5. The molecule has 2 aromatic heterocycles. The van der Waals surface area contributed by atoms with Crippen molar-refractivity contribution in [3.8, 4) is 0 Å². The first-order chi connectivity index (χ1) is 15.3. The summed E-state index contributed by atoms with van der Waals surface area (Å²) >= 11 is 5.99. The quantitative estimate of drug-likeness (QED) is 0.533. The molecule has 1 aromatic carbocycles. The van der Waals surface area contributed by atoms with E-state index in [-0.39, 0.29) is 16.7 Å². The van der Waals surface area contributed by atoms with Crippen molar-refractivity contribution in [3.63, 3.8) is 0 Å². The minimum absolute atomic E-state index is 0.0394. The van der Waals surface area contributed by atoms with Gasteiger partial charge in [-0.2, -0.15) is 13.2 Å². The number of anilines is 4. The Morgan fingerprint density at radius 1 is 1.06 bits per heavy atom. The van der Waals surface area contributed by atoms with Gasteiger partial charge in [-0.25, -0.2) is 15.0 Å². The fraction of sp³-hybridized carbons (Fsp3) is 0.318. The van der Waals surface area contributed by atoms with Crippen molar-refractivity contribution in [1.29, 1.82) is 0 Å². The Hall–Kier alpha value is -3.07. The molecule has 0 radical (unpaired) electrons.